The van der Waals surface area contributed by atoms with E-state index in [2.05, 4.69) is 16.7 Å². The van der Waals surface area contributed by atoms with Gasteiger partial charge in [-0.05, 0) is 56.5 Å². The molecule has 5 nitrogen and oxygen atoms in total. The molecule has 1 fully saturated rings. The van der Waals surface area contributed by atoms with Gasteiger partial charge in [0.2, 0.25) is 11.8 Å². The third kappa shape index (κ3) is 5.09. The molecule has 5 heteroatoms. The molecule has 1 saturated carbocycles. The molecule has 2 aromatic rings. The van der Waals surface area contributed by atoms with Crippen molar-refractivity contribution in [2.45, 2.75) is 33.1 Å². The van der Waals surface area contributed by atoms with Crippen LogP contribution in [0.3, 0.4) is 0 Å². The number of carbonyl (C=O) groups is 2. The molecule has 0 heterocycles. The minimum Gasteiger partial charge on any atom is -0.493 e. The topological polar surface area (TPSA) is 67.4 Å². The van der Waals surface area contributed by atoms with Gasteiger partial charge < -0.3 is 15.4 Å². The van der Waals surface area contributed by atoms with Crippen molar-refractivity contribution < 1.29 is 14.3 Å². The fourth-order valence-corrected chi connectivity index (χ4v) is 2.70. The summed E-state index contributed by atoms with van der Waals surface area (Å²) in [4.78, 5) is 23.9. The van der Waals surface area contributed by atoms with Crippen LogP contribution in [-0.4, -0.2) is 18.4 Å². The summed E-state index contributed by atoms with van der Waals surface area (Å²) in [6.07, 6.45) is 2.18. The van der Waals surface area contributed by atoms with E-state index in [1.165, 1.54) is 5.56 Å². The number of carbonyl (C=O) groups excluding carboxylic acids is 2. The number of hydrogen-bond acceptors (Lipinski definition) is 3. The fraction of sp³-hybridized carbons (Fsp3) is 0.333. The number of benzene rings is 2. The van der Waals surface area contributed by atoms with Crippen LogP contribution in [-0.2, 0) is 9.59 Å². The molecular weight excluding hydrogens is 328 g/mol. The molecule has 2 N–H and O–H groups in total. The normalized spacial score (nSPS) is 13.2. The lowest BCUT2D eigenvalue weighted by atomic mass is 10.1. The first-order valence-electron chi connectivity index (χ1n) is 8.92. The quantitative estimate of drug-likeness (QED) is 0.790. The summed E-state index contributed by atoms with van der Waals surface area (Å²) in [5.41, 5.74) is 3.60. The van der Waals surface area contributed by atoms with E-state index in [0.29, 0.717) is 18.0 Å². The molecule has 0 atom stereocenters. The molecule has 0 unspecified atom stereocenters. The van der Waals surface area contributed by atoms with E-state index in [9.17, 15) is 9.59 Å². The van der Waals surface area contributed by atoms with Gasteiger partial charge in [-0.25, -0.2) is 0 Å². The van der Waals surface area contributed by atoms with Crippen LogP contribution in [0.4, 0.5) is 11.4 Å². The molecular formula is C21H24N2O3. The highest BCUT2D eigenvalue weighted by atomic mass is 16.5. The van der Waals surface area contributed by atoms with Crippen LogP contribution in [0.15, 0.2) is 42.5 Å². The minimum absolute atomic E-state index is 0.0512. The van der Waals surface area contributed by atoms with Gasteiger partial charge in [-0.15, -0.1) is 0 Å². The Morgan fingerprint density at radius 2 is 1.77 bits per heavy atom. The predicted octanol–water partition coefficient (Wildman–Crippen LogP) is 4.06. The SMILES string of the molecule is Cc1ccc(OCCC(=O)Nc2cccc(NC(=O)C3CC3)c2)c(C)c1. The van der Waals surface area contributed by atoms with E-state index in [4.69, 9.17) is 4.74 Å². The maximum Gasteiger partial charge on any atom is 0.227 e. The molecule has 0 aliphatic heterocycles. The van der Waals surface area contributed by atoms with Gasteiger partial charge in [-0.3, -0.25) is 9.59 Å². The molecule has 1 aliphatic carbocycles. The number of amides is 2. The summed E-state index contributed by atoms with van der Waals surface area (Å²) in [5, 5.41) is 5.72. The zero-order valence-corrected chi connectivity index (χ0v) is 15.2. The summed E-state index contributed by atoms with van der Waals surface area (Å²) < 4.78 is 5.69. The van der Waals surface area contributed by atoms with E-state index < -0.39 is 0 Å². The van der Waals surface area contributed by atoms with E-state index in [1.54, 1.807) is 12.1 Å². The molecule has 0 saturated heterocycles. The number of anilines is 2. The van der Waals surface area contributed by atoms with Gasteiger partial charge in [0, 0.05) is 17.3 Å². The second-order valence-electron chi connectivity index (χ2n) is 6.76. The standard InChI is InChI=1S/C21H24N2O3/c1-14-6-9-19(15(2)12-14)26-11-10-20(24)22-17-4-3-5-18(13-17)23-21(25)16-7-8-16/h3-6,9,12-13,16H,7-8,10-11H2,1-2H3,(H,22,24)(H,23,25). The summed E-state index contributed by atoms with van der Waals surface area (Å²) in [5.74, 6) is 0.875. The molecule has 2 amide bonds. The lowest BCUT2D eigenvalue weighted by Crippen LogP contribution is -2.16. The van der Waals surface area contributed by atoms with Crippen molar-refractivity contribution in [1.29, 1.82) is 0 Å². The maximum atomic E-state index is 12.1. The van der Waals surface area contributed by atoms with Gasteiger partial charge >= 0.3 is 0 Å². The highest BCUT2D eigenvalue weighted by Crippen LogP contribution is 2.30. The number of aryl methyl sites for hydroxylation is 2. The van der Waals surface area contributed by atoms with Crippen molar-refractivity contribution >= 4 is 23.2 Å². The second-order valence-corrected chi connectivity index (χ2v) is 6.76. The fourth-order valence-electron chi connectivity index (χ4n) is 2.70. The van der Waals surface area contributed by atoms with E-state index in [0.717, 1.165) is 24.2 Å². The smallest absolute Gasteiger partial charge is 0.227 e. The Morgan fingerprint density at radius 3 is 2.46 bits per heavy atom. The Hall–Kier alpha value is -2.82. The van der Waals surface area contributed by atoms with E-state index in [-0.39, 0.29) is 24.2 Å². The van der Waals surface area contributed by atoms with Gasteiger partial charge in [0.05, 0.1) is 13.0 Å². The Morgan fingerprint density at radius 1 is 1.04 bits per heavy atom. The van der Waals surface area contributed by atoms with Crippen molar-refractivity contribution in [1.82, 2.24) is 0 Å². The maximum absolute atomic E-state index is 12.1. The molecule has 1 aliphatic rings. The number of hydrogen-bond donors (Lipinski definition) is 2. The molecule has 0 spiro atoms. The number of nitrogens with one attached hydrogen (secondary N) is 2. The van der Waals surface area contributed by atoms with Crippen molar-refractivity contribution in [3.05, 3.63) is 53.6 Å². The summed E-state index contributed by atoms with van der Waals surface area (Å²) in [6.45, 7) is 4.34. The average molecular weight is 352 g/mol. The van der Waals surface area contributed by atoms with Gasteiger partial charge in [0.15, 0.2) is 0 Å². The number of ether oxygens (including phenoxy) is 1. The molecule has 3 rings (SSSR count). The van der Waals surface area contributed by atoms with Gasteiger partial charge in [-0.1, -0.05) is 23.8 Å². The minimum atomic E-state index is -0.125. The summed E-state index contributed by atoms with van der Waals surface area (Å²) in [7, 11) is 0. The first kappa shape index (κ1) is 18.0. The van der Waals surface area contributed by atoms with Crippen molar-refractivity contribution in [2.75, 3.05) is 17.2 Å². The van der Waals surface area contributed by atoms with Crippen molar-refractivity contribution in [2.24, 2.45) is 5.92 Å². The van der Waals surface area contributed by atoms with Crippen LogP contribution in [0.5, 0.6) is 5.75 Å². The average Bonchev–Trinajstić information content (AvgIpc) is 3.42. The molecule has 2 aromatic carbocycles. The molecule has 26 heavy (non-hydrogen) atoms. The van der Waals surface area contributed by atoms with Crippen LogP contribution >= 0.6 is 0 Å². The lowest BCUT2D eigenvalue weighted by Gasteiger charge is -2.11. The largest absolute Gasteiger partial charge is 0.493 e. The Kier molecular flexibility index (Phi) is 5.56. The zero-order valence-electron chi connectivity index (χ0n) is 15.2. The summed E-state index contributed by atoms with van der Waals surface area (Å²) in [6, 6.07) is 13.2. The van der Waals surface area contributed by atoms with E-state index in [1.807, 2.05) is 38.1 Å². The molecule has 0 aromatic heterocycles. The van der Waals surface area contributed by atoms with Crippen molar-refractivity contribution in [3.63, 3.8) is 0 Å². The van der Waals surface area contributed by atoms with E-state index >= 15 is 0 Å². The zero-order chi connectivity index (χ0) is 18.5. The highest BCUT2D eigenvalue weighted by molar-refractivity contribution is 5.95. The van der Waals surface area contributed by atoms with Crippen molar-refractivity contribution in [3.8, 4) is 5.75 Å². The third-order valence-corrected chi connectivity index (χ3v) is 4.28. The monoisotopic (exact) mass is 352 g/mol. The first-order valence-corrected chi connectivity index (χ1v) is 8.92. The predicted molar refractivity (Wildman–Crippen MR) is 102 cm³/mol. The Bertz CT molecular complexity index is 813. The third-order valence-electron chi connectivity index (χ3n) is 4.28. The van der Waals surface area contributed by atoms with Crippen LogP contribution < -0.4 is 15.4 Å². The highest BCUT2D eigenvalue weighted by Gasteiger charge is 2.29. The first-order chi connectivity index (χ1) is 12.5. The van der Waals surface area contributed by atoms with Crippen LogP contribution in [0.25, 0.3) is 0 Å². The molecule has 136 valence electrons. The Labute approximate surface area is 153 Å². The Balaban J connectivity index is 1.47. The summed E-state index contributed by atoms with van der Waals surface area (Å²) >= 11 is 0. The molecule has 0 bridgehead atoms. The van der Waals surface area contributed by atoms with Gasteiger partial charge in [-0.2, -0.15) is 0 Å². The van der Waals surface area contributed by atoms with Crippen LogP contribution in [0.2, 0.25) is 0 Å². The van der Waals surface area contributed by atoms with Crippen LogP contribution in [0.1, 0.15) is 30.4 Å². The number of rotatable bonds is 7. The van der Waals surface area contributed by atoms with Gasteiger partial charge in [0.1, 0.15) is 5.75 Å². The van der Waals surface area contributed by atoms with Gasteiger partial charge in [0.25, 0.3) is 0 Å². The lowest BCUT2D eigenvalue weighted by molar-refractivity contribution is -0.117. The second kappa shape index (κ2) is 8.04. The molecule has 0 radical (unpaired) electrons. The van der Waals surface area contributed by atoms with Crippen LogP contribution in [0, 0.1) is 19.8 Å².